The SMILES string of the molecule is CC[C@H]1c2cc3[nH]c4c(c5nc(cc6[nH]c(cc(n2)[C@@H]1C)c(C(C)=O)c6C)[C@@H](C)[C@@H]5CCCOC=O)C(=O)N(CCCNC(=S)C(C)C)C(=O)c4c3C. The average Bonchev–Trinajstić information content (AvgIpc) is 3.79. The maximum atomic E-state index is 14.8. The molecule has 0 radical (unpaired) electrons. The zero-order valence-electron chi connectivity index (χ0n) is 31.9. The molecule has 3 aliphatic rings. The maximum Gasteiger partial charge on any atom is 0.293 e. The van der Waals surface area contributed by atoms with E-state index in [4.69, 9.17) is 26.9 Å². The lowest BCUT2D eigenvalue weighted by atomic mass is 9.84. The van der Waals surface area contributed by atoms with Gasteiger partial charge in [-0.2, -0.15) is 0 Å². The predicted octanol–water partition coefficient (Wildman–Crippen LogP) is 7.83. The zero-order chi connectivity index (χ0) is 38.3. The third kappa shape index (κ3) is 6.93. The molecule has 0 aliphatic carbocycles. The second-order valence-electron chi connectivity index (χ2n) is 15.0. The van der Waals surface area contributed by atoms with Gasteiger partial charge in [0.1, 0.15) is 0 Å². The van der Waals surface area contributed by atoms with Crippen LogP contribution in [0, 0.1) is 19.8 Å². The Kier molecular flexibility index (Phi) is 11.0. The Bertz CT molecular complexity index is 2170. The Morgan fingerprint density at radius 2 is 1.58 bits per heavy atom. The van der Waals surface area contributed by atoms with Crippen LogP contribution in [-0.2, 0) is 9.53 Å². The van der Waals surface area contributed by atoms with Gasteiger partial charge >= 0.3 is 0 Å². The van der Waals surface area contributed by atoms with Gasteiger partial charge in [0.2, 0.25) is 0 Å². The molecule has 280 valence electrons. The average molecular weight is 739 g/mol. The smallest absolute Gasteiger partial charge is 0.293 e. The molecule has 6 heterocycles. The van der Waals surface area contributed by atoms with Crippen molar-refractivity contribution in [2.45, 2.75) is 105 Å². The van der Waals surface area contributed by atoms with Crippen LogP contribution in [0.2, 0.25) is 0 Å². The molecule has 0 unspecified atom stereocenters. The molecule has 3 aromatic heterocycles. The van der Waals surface area contributed by atoms with Crippen LogP contribution in [0.25, 0.3) is 22.1 Å². The Morgan fingerprint density at radius 1 is 0.943 bits per heavy atom. The number of aryl methyl sites for hydroxylation is 2. The summed E-state index contributed by atoms with van der Waals surface area (Å²) >= 11 is 5.45. The number of rotatable bonds is 12. The number of nitrogens with zero attached hydrogens (tertiary/aromatic N) is 3. The third-order valence-corrected chi connectivity index (χ3v) is 11.9. The fraction of sp³-hybridized carbons (Fsp3) is 0.488. The van der Waals surface area contributed by atoms with E-state index in [0.717, 1.165) is 50.7 Å². The molecule has 2 amide bonds. The van der Waals surface area contributed by atoms with Crippen LogP contribution in [0.15, 0.2) is 18.2 Å². The maximum absolute atomic E-state index is 14.8. The van der Waals surface area contributed by atoms with Gasteiger partial charge in [-0.05, 0) is 75.8 Å². The number of thiocarbonyl (C=S) groups is 1. The summed E-state index contributed by atoms with van der Waals surface area (Å²) in [5, 5.41) is 3.26. The lowest BCUT2D eigenvalue weighted by molar-refractivity contribution is -0.128. The van der Waals surface area contributed by atoms with Crippen LogP contribution in [-0.4, -0.2) is 73.6 Å². The first-order valence-corrected chi connectivity index (χ1v) is 19.2. The number of H-pyrrole nitrogens is 2. The van der Waals surface area contributed by atoms with Gasteiger partial charge < -0.3 is 20.0 Å². The van der Waals surface area contributed by atoms with E-state index in [-0.39, 0.29) is 54.4 Å². The molecule has 0 spiro atoms. The second-order valence-corrected chi connectivity index (χ2v) is 15.4. The molecule has 0 fully saturated rings. The number of fused-ring (bicyclic) bond motifs is 8. The van der Waals surface area contributed by atoms with E-state index >= 15 is 0 Å². The van der Waals surface area contributed by atoms with Crippen LogP contribution in [0.3, 0.4) is 0 Å². The topological polar surface area (TPSA) is 150 Å². The summed E-state index contributed by atoms with van der Waals surface area (Å²) in [6.07, 6.45) is 2.51. The normalized spacial score (nSPS) is 19.5. The summed E-state index contributed by atoms with van der Waals surface area (Å²) in [6.45, 7) is 17.2. The number of hydrogen-bond donors (Lipinski definition) is 3. The van der Waals surface area contributed by atoms with E-state index in [0.29, 0.717) is 65.7 Å². The minimum atomic E-state index is -0.398. The van der Waals surface area contributed by atoms with E-state index in [9.17, 15) is 19.2 Å². The first-order chi connectivity index (χ1) is 25.3. The van der Waals surface area contributed by atoms with E-state index < -0.39 is 5.91 Å². The number of imide groups is 1. The minimum absolute atomic E-state index is 0.0468. The molecule has 8 bridgehead atoms. The minimum Gasteiger partial charge on any atom is -0.468 e. The second kappa shape index (κ2) is 15.3. The highest BCUT2D eigenvalue weighted by atomic mass is 32.1. The van der Waals surface area contributed by atoms with Crippen molar-refractivity contribution in [3.05, 3.63) is 68.8 Å². The molecule has 53 heavy (non-hydrogen) atoms. The first kappa shape index (κ1) is 38.0. The highest BCUT2D eigenvalue weighted by Gasteiger charge is 2.41. The number of aromatic nitrogens is 4. The highest BCUT2D eigenvalue weighted by molar-refractivity contribution is 7.80. The number of amides is 2. The van der Waals surface area contributed by atoms with E-state index in [2.05, 4.69) is 36.1 Å². The summed E-state index contributed by atoms with van der Waals surface area (Å²) in [4.78, 5) is 72.7. The molecule has 0 aromatic carbocycles. The highest BCUT2D eigenvalue weighted by Crippen LogP contribution is 2.44. The van der Waals surface area contributed by atoms with Crippen LogP contribution in [0.5, 0.6) is 0 Å². The van der Waals surface area contributed by atoms with Crippen LogP contribution in [0.1, 0.15) is 156 Å². The van der Waals surface area contributed by atoms with E-state index in [1.54, 1.807) is 6.92 Å². The summed E-state index contributed by atoms with van der Waals surface area (Å²) in [5.74, 6) is -0.758. The van der Waals surface area contributed by atoms with Gasteiger partial charge in [-0.25, -0.2) is 0 Å². The van der Waals surface area contributed by atoms with Crippen LogP contribution in [0.4, 0.5) is 0 Å². The monoisotopic (exact) mass is 738 g/mol. The Balaban J connectivity index is 1.66. The molecule has 3 aliphatic heterocycles. The molecule has 12 heteroatoms. The number of ether oxygens (including phenoxy) is 1. The van der Waals surface area contributed by atoms with Crippen molar-refractivity contribution >= 4 is 63.3 Å². The standard InChI is InChI=1S/C41H50N6O5S/c1-9-26-21(4)28-18-33-34(25(8)49)23(6)30(44-33)16-29-22(5)27(12-10-15-52-19-48)37(45-29)36-38-35(24(7)31(46-38)17-32(26)43-28)40(50)47(41(36)51)14-11-13-42-39(53)20(2)3/h16-22,26-27,44,46H,9-15H2,1-8H3,(H,42,53)/t21-,22+,26-,27+/m1/s1. The molecular formula is C41H50N6O5S. The number of Topliss-reactive ketones (excluding diaryl/α,β-unsaturated/α-hetero) is 1. The van der Waals surface area contributed by atoms with Crippen molar-refractivity contribution in [2.75, 3.05) is 19.7 Å². The number of carbonyl (C=O) groups excluding carboxylic acids is 4. The molecule has 3 aromatic rings. The summed E-state index contributed by atoms with van der Waals surface area (Å²) in [7, 11) is 0. The van der Waals surface area contributed by atoms with Gasteiger partial charge in [0.15, 0.2) is 5.78 Å². The molecule has 0 saturated heterocycles. The fourth-order valence-electron chi connectivity index (χ4n) is 8.22. The number of ketones is 1. The van der Waals surface area contributed by atoms with Gasteiger partial charge in [-0.1, -0.05) is 46.8 Å². The fourth-order valence-corrected chi connectivity index (χ4v) is 8.32. The van der Waals surface area contributed by atoms with Crippen molar-refractivity contribution in [3.63, 3.8) is 0 Å². The first-order valence-electron chi connectivity index (χ1n) is 18.8. The zero-order valence-corrected chi connectivity index (χ0v) is 32.8. The van der Waals surface area contributed by atoms with Gasteiger partial charge in [0, 0.05) is 76.4 Å². The number of hydrogen-bond acceptors (Lipinski definition) is 8. The van der Waals surface area contributed by atoms with Crippen LogP contribution < -0.4 is 5.32 Å². The van der Waals surface area contributed by atoms with Crippen molar-refractivity contribution in [1.29, 1.82) is 0 Å². The predicted molar refractivity (Wildman–Crippen MR) is 210 cm³/mol. The molecule has 3 N–H and O–H groups in total. The van der Waals surface area contributed by atoms with Crippen molar-refractivity contribution < 1.29 is 23.9 Å². The van der Waals surface area contributed by atoms with Gasteiger partial charge in [-0.3, -0.25) is 34.0 Å². The number of carbonyl (C=O) groups is 4. The third-order valence-electron chi connectivity index (χ3n) is 11.3. The largest absolute Gasteiger partial charge is 0.468 e. The molecular weight excluding hydrogens is 689 g/mol. The van der Waals surface area contributed by atoms with Gasteiger partial charge in [0.05, 0.1) is 39.4 Å². The van der Waals surface area contributed by atoms with Crippen molar-refractivity contribution in [3.8, 4) is 0 Å². The Morgan fingerprint density at radius 3 is 2.26 bits per heavy atom. The Labute approximate surface area is 315 Å². The van der Waals surface area contributed by atoms with E-state index in [1.165, 1.54) is 4.90 Å². The van der Waals surface area contributed by atoms with Gasteiger partial charge in [0.25, 0.3) is 18.3 Å². The number of aromatic amines is 2. The summed E-state index contributed by atoms with van der Waals surface area (Å²) in [5.41, 5.74) is 8.76. The lowest BCUT2D eigenvalue weighted by Gasteiger charge is -2.27. The molecule has 11 nitrogen and oxygen atoms in total. The number of nitrogens with one attached hydrogen (secondary N) is 3. The molecule has 0 saturated carbocycles. The van der Waals surface area contributed by atoms with E-state index in [1.807, 2.05) is 45.9 Å². The summed E-state index contributed by atoms with van der Waals surface area (Å²) in [6, 6.07) is 5.98. The van der Waals surface area contributed by atoms with Crippen LogP contribution >= 0.6 is 12.2 Å². The van der Waals surface area contributed by atoms with Crippen molar-refractivity contribution in [2.24, 2.45) is 5.92 Å². The van der Waals surface area contributed by atoms with Gasteiger partial charge in [-0.15, -0.1) is 0 Å². The quantitative estimate of drug-likeness (QED) is 0.0556. The summed E-state index contributed by atoms with van der Waals surface area (Å²) < 4.78 is 5.05. The lowest BCUT2D eigenvalue weighted by Crippen LogP contribution is -2.42. The van der Waals surface area contributed by atoms with Crippen molar-refractivity contribution in [1.82, 2.24) is 30.2 Å². The molecule has 4 atom stereocenters. The Hall–Kier alpha value is -4.71. The molecule has 6 rings (SSSR count).